The fourth-order valence-electron chi connectivity index (χ4n) is 12.7. The molecule has 0 heterocycles. The lowest BCUT2D eigenvalue weighted by atomic mass is 9.65. The molecule has 0 fully saturated rings. The Labute approximate surface area is 427 Å². The summed E-state index contributed by atoms with van der Waals surface area (Å²) in [6.45, 7) is 0. The molecule has 12 aromatic carbocycles. The van der Waals surface area contributed by atoms with Gasteiger partial charge in [0.25, 0.3) is 0 Å². The van der Waals surface area contributed by atoms with Gasteiger partial charge in [0.05, 0.1) is 5.41 Å². The molecule has 0 amide bonds. The monoisotopic (exact) mass is 924 g/mol. The second-order valence-corrected chi connectivity index (χ2v) is 19.3. The van der Waals surface area contributed by atoms with E-state index in [1.54, 1.807) is 0 Å². The largest absolute Gasteiger partial charge is 0.0737 e. The molecule has 2 aliphatic carbocycles. The van der Waals surface area contributed by atoms with Crippen LogP contribution in [0.25, 0.3) is 111 Å². The molecule has 0 aromatic heterocycles. The summed E-state index contributed by atoms with van der Waals surface area (Å²) < 4.78 is 0. The van der Waals surface area contributed by atoms with E-state index < -0.39 is 5.41 Å². The molecule has 12 aromatic rings. The van der Waals surface area contributed by atoms with Crippen LogP contribution >= 0.6 is 0 Å². The van der Waals surface area contributed by atoms with Crippen molar-refractivity contribution in [3.63, 3.8) is 0 Å². The summed E-state index contributed by atoms with van der Waals surface area (Å²) >= 11 is 0. The molecule has 1 spiro atoms. The molecular weight excluding hydrogens is 877 g/mol. The van der Waals surface area contributed by atoms with Crippen molar-refractivity contribution in [2.24, 2.45) is 0 Å². The van der Waals surface area contributed by atoms with Crippen molar-refractivity contribution in [2.45, 2.75) is 5.41 Å². The fraction of sp³-hybridized carbons (Fsp3) is 0.0137. The van der Waals surface area contributed by atoms with Crippen molar-refractivity contribution in [3.8, 4) is 111 Å². The van der Waals surface area contributed by atoms with Gasteiger partial charge in [-0.25, -0.2) is 0 Å². The molecule has 14 rings (SSSR count). The van der Waals surface area contributed by atoms with Gasteiger partial charge in [0.1, 0.15) is 0 Å². The van der Waals surface area contributed by atoms with Gasteiger partial charge in [-0.05, 0) is 134 Å². The maximum Gasteiger partial charge on any atom is 0.0737 e. The van der Waals surface area contributed by atoms with Gasteiger partial charge >= 0.3 is 0 Å². The first-order valence-corrected chi connectivity index (χ1v) is 25.4. The molecule has 0 bridgehead atoms. The zero-order valence-corrected chi connectivity index (χ0v) is 40.2. The second-order valence-electron chi connectivity index (χ2n) is 19.3. The average Bonchev–Trinajstić information content (AvgIpc) is 3.95. The minimum Gasteiger partial charge on any atom is -0.0622 e. The lowest BCUT2D eigenvalue weighted by Crippen LogP contribution is -2.28. The highest BCUT2D eigenvalue weighted by atomic mass is 14.6. The Morgan fingerprint density at radius 3 is 0.712 bits per heavy atom. The Bertz CT molecular complexity index is 3780. The SMILES string of the molecule is c1ccc(-c2ccccc2-c2ccc3c(c2-c2ccccc2-c2ccccc2)C2(c4ccccc4-3)c3ccccc3-c3ccc(-c4ccccc4-c4ccccc4)c(-c4ccccc4-c4ccccc4)c32)cc1. The van der Waals surface area contributed by atoms with Crippen molar-refractivity contribution >= 4 is 0 Å². The Morgan fingerprint density at radius 1 is 0.151 bits per heavy atom. The van der Waals surface area contributed by atoms with Gasteiger partial charge in [-0.3, -0.25) is 0 Å². The van der Waals surface area contributed by atoms with Crippen molar-refractivity contribution in [1.82, 2.24) is 0 Å². The van der Waals surface area contributed by atoms with Gasteiger partial charge in [0.15, 0.2) is 0 Å². The van der Waals surface area contributed by atoms with Crippen LogP contribution in [0.1, 0.15) is 22.3 Å². The maximum atomic E-state index is 2.45. The lowest BCUT2D eigenvalue weighted by molar-refractivity contribution is 0.798. The Kier molecular flexibility index (Phi) is 10.2. The number of fused-ring (bicyclic) bond motifs is 10. The Hall–Kier alpha value is -9.36. The van der Waals surface area contributed by atoms with E-state index in [4.69, 9.17) is 0 Å². The van der Waals surface area contributed by atoms with E-state index in [-0.39, 0.29) is 0 Å². The van der Waals surface area contributed by atoms with Crippen LogP contribution in [-0.4, -0.2) is 0 Å². The van der Waals surface area contributed by atoms with Crippen LogP contribution in [0.15, 0.2) is 291 Å². The molecule has 0 aliphatic heterocycles. The van der Waals surface area contributed by atoms with Gasteiger partial charge in [-0.2, -0.15) is 0 Å². The minimum atomic E-state index is -0.772. The molecule has 0 radical (unpaired) electrons. The summed E-state index contributed by atoms with van der Waals surface area (Å²) in [4.78, 5) is 0. The van der Waals surface area contributed by atoms with Crippen molar-refractivity contribution < 1.29 is 0 Å². The minimum absolute atomic E-state index is 0.772. The first-order valence-electron chi connectivity index (χ1n) is 25.4. The van der Waals surface area contributed by atoms with Gasteiger partial charge in [0, 0.05) is 0 Å². The smallest absolute Gasteiger partial charge is 0.0622 e. The second kappa shape index (κ2) is 17.5. The van der Waals surface area contributed by atoms with Crippen molar-refractivity contribution in [2.75, 3.05) is 0 Å². The van der Waals surface area contributed by atoms with E-state index in [0.717, 1.165) is 0 Å². The topological polar surface area (TPSA) is 0 Å². The fourth-order valence-corrected chi connectivity index (χ4v) is 12.7. The summed E-state index contributed by atoms with van der Waals surface area (Å²) in [6, 6.07) is 108. The van der Waals surface area contributed by atoms with Crippen LogP contribution in [0.4, 0.5) is 0 Å². The molecule has 0 saturated carbocycles. The molecular formula is C73H48. The van der Waals surface area contributed by atoms with E-state index in [2.05, 4.69) is 291 Å². The number of benzene rings is 12. The predicted octanol–water partition coefficient (Wildman–Crippen LogP) is 19.4. The van der Waals surface area contributed by atoms with Crippen molar-refractivity contribution in [1.29, 1.82) is 0 Å². The number of rotatable bonds is 8. The molecule has 0 nitrogen and oxygen atoms in total. The highest BCUT2D eigenvalue weighted by Crippen LogP contribution is 2.68. The molecule has 0 saturated heterocycles. The van der Waals surface area contributed by atoms with Crippen molar-refractivity contribution in [3.05, 3.63) is 313 Å². The zero-order chi connectivity index (χ0) is 48.3. The van der Waals surface area contributed by atoms with Gasteiger partial charge in [-0.15, -0.1) is 0 Å². The van der Waals surface area contributed by atoms with Crippen LogP contribution in [-0.2, 0) is 5.41 Å². The Balaban J connectivity index is 1.20. The molecule has 0 heteroatoms. The molecule has 0 atom stereocenters. The first kappa shape index (κ1) is 42.5. The normalized spacial score (nSPS) is 12.5. The summed E-state index contributed by atoms with van der Waals surface area (Å²) in [5.41, 5.74) is 28.8. The quantitative estimate of drug-likeness (QED) is 0.142. The van der Waals surface area contributed by atoms with Crippen LogP contribution < -0.4 is 0 Å². The third kappa shape index (κ3) is 6.61. The van der Waals surface area contributed by atoms with Crippen LogP contribution in [0.2, 0.25) is 0 Å². The molecule has 340 valence electrons. The molecule has 2 aliphatic rings. The number of hydrogen-bond donors (Lipinski definition) is 0. The van der Waals surface area contributed by atoms with E-state index >= 15 is 0 Å². The van der Waals surface area contributed by atoms with Crippen LogP contribution in [0.5, 0.6) is 0 Å². The van der Waals surface area contributed by atoms with E-state index in [9.17, 15) is 0 Å². The Morgan fingerprint density at radius 2 is 0.384 bits per heavy atom. The van der Waals surface area contributed by atoms with Gasteiger partial charge in [-0.1, -0.05) is 291 Å². The summed E-state index contributed by atoms with van der Waals surface area (Å²) in [7, 11) is 0. The van der Waals surface area contributed by atoms with Crippen LogP contribution in [0, 0.1) is 0 Å². The van der Waals surface area contributed by atoms with E-state index in [0.29, 0.717) is 0 Å². The highest BCUT2D eigenvalue weighted by molar-refractivity contribution is 6.10. The molecule has 73 heavy (non-hydrogen) atoms. The standard InChI is InChI=1S/C73H48/c1-5-25-49(26-6-1)53-33-13-17-37-57(53)63-45-47-65-59-39-21-23-43-67(59)73(71(65)69(63)61-41-19-15-35-55(61)51-29-9-3-10-30-51)68-44-24-22-40-60(68)66-48-46-64(58-38-18-14-34-54(58)50-27-7-2-8-28-50)70(72(66)73)62-42-20-16-36-56(62)52-31-11-4-12-32-52/h1-48H. The van der Waals surface area contributed by atoms with Gasteiger partial charge < -0.3 is 0 Å². The maximum absolute atomic E-state index is 2.45. The third-order valence-electron chi connectivity index (χ3n) is 15.6. The molecule has 0 N–H and O–H groups in total. The predicted molar refractivity (Wildman–Crippen MR) is 306 cm³/mol. The number of hydrogen-bond acceptors (Lipinski definition) is 0. The highest BCUT2D eigenvalue weighted by Gasteiger charge is 2.55. The summed E-state index contributed by atoms with van der Waals surface area (Å²) in [5.74, 6) is 0. The van der Waals surface area contributed by atoms with E-state index in [1.165, 1.54) is 134 Å². The summed E-state index contributed by atoms with van der Waals surface area (Å²) in [6.07, 6.45) is 0. The van der Waals surface area contributed by atoms with Gasteiger partial charge in [0.2, 0.25) is 0 Å². The average molecular weight is 925 g/mol. The summed E-state index contributed by atoms with van der Waals surface area (Å²) in [5, 5.41) is 0. The first-order chi connectivity index (χ1) is 36.3. The lowest BCUT2D eigenvalue weighted by Gasteiger charge is -2.36. The zero-order valence-electron chi connectivity index (χ0n) is 40.2. The molecule has 0 unspecified atom stereocenters. The van der Waals surface area contributed by atoms with E-state index in [1.807, 2.05) is 0 Å². The third-order valence-corrected chi connectivity index (χ3v) is 15.6. The van der Waals surface area contributed by atoms with Crippen LogP contribution in [0.3, 0.4) is 0 Å².